The van der Waals surface area contributed by atoms with E-state index in [2.05, 4.69) is 25.9 Å². The van der Waals surface area contributed by atoms with Gasteiger partial charge in [0.05, 0.1) is 6.04 Å². The number of hydrogen-bond donors (Lipinski definition) is 8. The average Bonchev–Trinajstić information content (AvgIpc) is 3.66. The molecule has 0 bridgehead atoms. The van der Waals surface area contributed by atoms with Crippen molar-refractivity contribution in [3.05, 3.63) is 72.1 Å². The molecule has 12 nitrogen and oxygen atoms in total. The van der Waals surface area contributed by atoms with Crippen molar-refractivity contribution in [3.63, 3.8) is 0 Å². The van der Waals surface area contributed by atoms with Crippen molar-refractivity contribution in [2.24, 2.45) is 11.5 Å². The maximum Gasteiger partial charge on any atom is 0.326 e. The average molecular weight is 650 g/mol. The van der Waals surface area contributed by atoms with Gasteiger partial charge in [-0.25, -0.2) is 4.79 Å². The van der Waals surface area contributed by atoms with Crippen LogP contribution in [-0.2, 0) is 32.0 Å². The molecule has 0 aliphatic heterocycles. The van der Waals surface area contributed by atoms with E-state index in [1.807, 2.05) is 61.0 Å². The second kappa shape index (κ2) is 16.8. The molecule has 10 N–H and O–H groups in total. The number of H-pyrrole nitrogens is 2. The summed E-state index contributed by atoms with van der Waals surface area (Å²) in [5, 5.41) is 20.0. The number of thioether (sulfide) groups is 1. The summed E-state index contributed by atoms with van der Waals surface area (Å²) in [5.74, 6) is -2.27. The monoisotopic (exact) mass is 649 g/mol. The number of unbranched alkanes of at least 4 members (excludes halogenated alkanes) is 1. The first kappa shape index (κ1) is 34.5. The molecular formula is C33H43N7O5S. The number of hydrogen-bond acceptors (Lipinski definition) is 7. The number of amides is 3. The first-order chi connectivity index (χ1) is 22.2. The van der Waals surface area contributed by atoms with Gasteiger partial charge in [-0.3, -0.25) is 14.4 Å². The molecule has 13 heteroatoms. The van der Waals surface area contributed by atoms with Gasteiger partial charge in [0, 0.05) is 40.6 Å². The topological polar surface area (TPSA) is 208 Å². The van der Waals surface area contributed by atoms with Crippen LogP contribution in [0.3, 0.4) is 0 Å². The molecule has 0 saturated carbocycles. The van der Waals surface area contributed by atoms with Crippen molar-refractivity contribution in [3.8, 4) is 0 Å². The van der Waals surface area contributed by atoms with Crippen molar-refractivity contribution in [2.75, 3.05) is 18.6 Å². The fourth-order valence-electron chi connectivity index (χ4n) is 5.44. The van der Waals surface area contributed by atoms with Gasteiger partial charge in [0.2, 0.25) is 17.7 Å². The summed E-state index contributed by atoms with van der Waals surface area (Å²) in [7, 11) is 0. The third-order valence-electron chi connectivity index (χ3n) is 7.99. The van der Waals surface area contributed by atoms with Crippen LogP contribution in [0.1, 0.15) is 36.8 Å². The second-order valence-corrected chi connectivity index (χ2v) is 12.3. The predicted molar refractivity (Wildman–Crippen MR) is 181 cm³/mol. The summed E-state index contributed by atoms with van der Waals surface area (Å²) in [5.41, 5.74) is 15.4. The molecule has 0 saturated heterocycles. The first-order valence-electron chi connectivity index (χ1n) is 15.4. The van der Waals surface area contributed by atoms with Crippen LogP contribution in [0.4, 0.5) is 0 Å². The summed E-state index contributed by atoms with van der Waals surface area (Å²) in [4.78, 5) is 58.7. The number of fused-ring (bicyclic) bond motifs is 2. The normalized spacial score (nSPS) is 14.0. The van der Waals surface area contributed by atoms with Crippen LogP contribution >= 0.6 is 11.8 Å². The molecule has 2 heterocycles. The van der Waals surface area contributed by atoms with Crippen LogP contribution in [0.2, 0.25) is 0 Å². The van der Waals surface area contributed by atoms with Crippen molar-refractivity contribution >= 4 is 57.3 Å². The molecule has 4 atom stereocenters. The van der Waals surface area contributed by atoms with Crippen LogP contribution < -0.4 is 27.4 Å². The van der Waals surface area contributed by atoms with Crippen molar-refractivity contribution in [1.29, 1.82) is 0 Å². The number of aromatic amines is 2. The van der Waals surface area contributed by atoms with E-state index in [-0.39, 0.29) is 19.3 Å². The molecule has 4 unspecified atom stereocenters. The van der Waals surface area contributed by atoms with Gasteiger partial charge in [-0.1, -0.05) is 36.4 Å². The summed E-state index contributed by atoms with van der Waals surface area (Å²) >= 11 is 1.52. The minimum atomic E-state index is -1.23. The minimum absolute atomic E-state index is 0.0509. The van der Waals surface area contributed by atoms with E-state index in [1.165, 1.54) is 11.8 Å². The minimum Gasteiger partial charge on any atom is -0.480 e. The highest BCUT2D eigenvalue weighted by Gasteiger charge is 2.30. The summed E-state index contributed by atoms with van der Waals surface area (Å²) in [6.45, 7) is 0.404. The highest BCUT2D eigenvalue weighted by molar-refractivity contribution is 7.98. The Morgan fingerprint density at radius 3 is 1.85 bits per heavy atom. The van der Waals surface area contributed by atoms with E-state index in [9.17, 15) is 24.3 Å². The number of benzene rings is 2. The Bertz CT molecular complexity index is 1640. The molecule has 0 aliphatic rings. The first-order valence-corrected chi connectivity index (χ1v) is 16.8. The van der Waals surface area contributed by atoms with Crippen LogP contribution in [0.5, 0.6) is 0 Å². The third kappa shape index (κ3) is 9.12. The second-order valence-electron chi connectivity index (χ2n) is 11.3. The summed E-state index contributed by atoms with van der Waals surface area (Å²) < 4.78 is 0. The van der Waals surface area contributed by atoms with Gasteiger partial charge < -0.3 is 42.5 Å². The number of nitrogens with one attached hydrogen (secondary N) is 5. The van der Waals surface area contributed by atoms with Crippen LogP contribution in [0.25, 0.3) is 21.8 Å². The van der Waals surface area contributed by atoms with Crippen molar-refractivity contribution in [2.45, 2.75) is 62.7 Å². The van der Waals surface area contributed by atoms with Gasteiger partial charge in [0.1, 0.15) is 18.1 Å². The Hall–Kier alpha value is -4.33. The molecule has 246 valence electrons. The zero-order valence-electron chi connectivity index (χ0n) is 25.9. The Labute approximate surface area is 271 Å². The lowest BCUT2D eigenvalue weighted by Crippen LogP contribution is -2.57. The number of aliphatic carboxylic acids is 1. The molecule has 0 spiro atoms. The molecule has 46 heavy (non-hydrogen) atoms. The summed E-state index contributed by atoms with van der Waals surface area (Å²) in [6, 6.07) is 11.1. The van der Waals surface area contributed by atoms with Gasteiger partial charge in [0.25, 0.3) is 0 Å². The molecule has 0 fully saturated rings. The smallest absolute Gasteiger partial charge is 0.326 e. The number of carboxylic acids is 1. The van der Waals surface area contributed by atoms with Gasteiger partial charge in [0.15, 0.2) is 0 Å². The van der Waals surface area contributed by atoms with E-state index in [4.69, 9.17) is 11.5 Å². The van der Waals surface area contributed by atoms with E-state index in [0.717, 1.165) is 32.9 Å². The number of carboxylic acid groups (broad SMARTS) is 1. The maximum atomic E-state index is 13.6. The lowest BCUT2D eigenvalue weighted by molar-refractivity contribution is -0.142. The largest absolute Gasteiger partial charge is 0.480 e. The van der Waals surface area contributed by atoms with Crippen molar-refractivity contribution < 1.29 is 24.3 Å². The number of aromatic nitrogens is 2. The lowest BCUT2D eigenvalue weighted by Gasteiger charge is -2.25. The van der Waals surface area contributed by atoms with E-state index >= 15 is 0 Å². The number of nitrogens with two attached hydrogens (primary N) is 2. The number of carbonyl (C=O) groups excluding carboxylic acids is 3. The molecule has 2 aromatic carbocycles. The molecule has 3 amide bonds. The Morgan fingerprint density at radius 2 is 1.28 bits per heavy atom. The Morgan fingerprint density at radius 1 is 0.761 bits per heavy atom. The van der Waals surface area contributed by atoms with Crippen molar-refractivity contribution in [1.82, 2.24) is 25.9 Å². The van der Waals surface area contributed by atoms with Gasteiger partial charge in [-0.15, -0.1) is 0 Å². The number of rotatable bonds is 18. The van der Waals surface area contributed by atoms with Crippen LogP contribution in [0.15, 0.2) is 60.9 Å². The van der Waals surface area contributed by atoms with Gasteiger partial charge >= 0.3 is 5.97 Å². The standard InChI is InChI=1S/C33H43N7O5S/c1-46-15-13-28(38-30(41)24(35)16-20-18-36-25-10-4-2-8-22(20)25)32(43)39-27(12-6-7-14-34)31(42)40-29(33(44)45)17-21-19-37-26-11-5-3-9-23(21)26/h2-5,8-11,18-19,24,27-29,36-37H,6-7,12-17,34-35H2,1H3,(H,38,41)(H,39,43)(H,40,42)(H,44,45). The molecule has 4 rings (SSSR count). The van der Waals surface area contributed by atoms with Gasteiger partial charge in [-0.2, -0.15) is 11.8 Å². The number of carbonyl (C=O) groups is 4. The zero-order chi connectivity index (χ0) is 33.1. The Balaban J connectivity index is 1.44. The van der Waals surface area contributed by atoms with Gasteiger partial charge in [-0.05, 0) is 73.9 Å². The van der Waals surface area contributed by atoms with E-state index in [0.29, 0.717) is 31.6 Å². The SMILES string of the molecule is CSCCC(NC(=O)C(N)Cc1c[nH]c2ccccc12)C(=O)NC(CCCCN)C(=O)NC(Cc1c[nH]c2ccccc12)C(=O)O. The molecule has 0 radical (unpaired) electrons. The molecular weight excluding hydrogens is 606 g/mol. The number of para-hydroxylation sites is 2. The maximum absolute atomic E-state index is 13.6. The fraction of sp³-hybridized carbons (Fsp3) is 0.394. The highest BCUT2D eigenvalue weighted by Crippen LogP contribution is 2.20. The quantitative estimate of drug-likeness (QED) is 0.0748. The van der Waals surface area contributed by atoms with Crippen LogP contribution in [0, 0.1) is 0 Å². The van der Waals surface area contributed by atoms with E-state index in [1.54, 1.807) is 6.20 Å². The zero-order valence-corrected chi connectivity index (χ0v) is 26.7. The van der Waals surface area contributed by atoms with E-state index < -0.39 is 47.9 Å². The summed E-state index contributed by atoms with van der Waals surface area (Å²) in [6.07, 6.45) is 7.48. The predicted octanol–water partition coefficient (Wildman–Crippen LogP) is 2.18. The lowest BCUT2D eigenvalue weighted by atomic mass is 10.0. The molecule has 0 aliphatic carbocycles. The Kier molecular flexibility index (Phi) is 12.6. The molecule has 2 aromatic heterocycles. The van der Waals surface area contributed by atoms with Crippen LogP contribution in [-0.4, -0.2) is 81.5 Å². The highest BCUT2D eigenvalue weighted by atomic mass is 32.2. The molecule has 4 aromatic rings. The third-order valence-corrected chi connectivity index (χ3v) is 8.63. The fourth-order valence-corrected chi connectivity index (χ4v) is 5.91.